The molecule has 17 heavy (non-hydrogen) atoms. The van der Waals surface area contributed by atoms with Gasteiger partial charge in [0.05, 0.1) is 6.04 Å². The minimum atomic E-state index is 0.113. The Bertz CT molecular complexity index is 242. The minimum absolute atomic E-state index is 0.113. The molecule has 3 heteroatoms. The summed E-state index contributed by atoms with van der Waals surface area (Å²) in [4.78, 5) is 16.9. The van der Waals surface area contributed by atoms with Crippen LogP contribution in [0, 0.1) is 5.92 Å². The molecule has 0 aromatic heterocycles. The van der Waals surface area contributed by atoms with Gasteiger partial charge in [-0.05, 0) is 39.5 Å². The van der Waals surface area contributed by atoms with Gasteiger partial charge < -0.3 is 4.90 Å². The summed E-state index contributed by atoms with van der Waals surface area (Å²) >= 11 is 0. The molecule has 0 radical (unpaired) electrons. The lowest BCUT2D eigenvalue weighted by molar-refractivity contribution is -0.124. The van der Waals surface area contributed by atoms with Gasteiger partial charge in [0.1, 0.15) is 0 Å². The largest absolute Gasteiger partial charge is 0.304 e. The van der Waals surface area contributed by atoms with E-state index in [0.29, 0.717) is 11.7 Å². The number of rotatable bonds is 5. The summed E-state index contributed by atoms with van der Waals surface area (Å²) in [5.74, 6) is 0.969. The zero-order chi connectivity index (χ0) is 12.8. The topological polar surface area (TPSA) is 23.6 Å². The average Bonchev–Trinajstić information content (AvgIpc) is 2.41. The van der Waals surface area contributed by atoms with Crippen LogP contribution in [-0.2, 0) is 4.79 Å². The number of likely N-dealkylation sites (N-methyl/N-ethyl adjacent to an activating group) is 2. The second-order valence-corrected chi connectivity index (χ2v) is 5.68. The third-order valence-corrected chi connectivity index (χ3v) is 3.77. The van der Waals surface area contributed by atoms with E-state index in [1.165, 1.54) is 12.8 Å². The van der Waals surface area contributed by atoms with Crippen LogP contribution >= 0.6 is 0 Å². The van der Waals surface area contributed by atoms with Crippen LogP contribution in [0.2, 0.25) is 0 Å². The molecular formula is C14H28N2O. The van der Waals surface area contributed by atoms with Gasteiger partial charge in [-0.15, -0.1) is 0 Å². The predicted octanol–water partition coefficient (Wildman–Crippen LogP) is 2.02. The van der Waals surface area contributed by atoms with Crippen LogP contribution in [0.3, 0.4) is 0 Å². The molecule has 0 aromatic rings. The number of carbonyl (C=O) groups is 1. The normalized spacial score (nSPS) is 25.5. The van der Waals surface area contributed by atoms with Gasteiger partial charge in [0.15, 0.2) is 5.78 Å². The number of carbonyl (C=O) groups excluding carboxylic acids is 1. The van der Waals surface area contributed by atoms with Crippen LogP contribution in [0.4, 0.5) is 0 Å². The molecular weight excluding hydrogens is 212 g/mol. The molecule has 0 saturated carbocycles. The van der Waals surface area contributed by atoms with E-state index in [4.69, 9.17) is 0 Å². The maximum Gasteiger partial charge on any atom is 0.151 e. The highest BCUT2D eigenvalue weighted by atomic mass is 16.1. The predicted molar refractivity (Wildman–Crippen MR) is 72.2 cm³/mol. The first kappa shape index (κ1) is 14.7. The minimum Gasteiger partial charge on any atom is -0.304 e. The Morgan fingerprint density at radius 3 is 2.71 bits per heavy atom. The first-order chi connectivity index (χ1) is 8.04. The Balaban J connectivity index is 2.52. The fourth-order valence-electron chi connectivity index (χ4n) is 2.69. The van der Waals surface area contributed by atoms with Crippen molar-refractivity contribution in [3.8, 4) is 0 Å². The summed E-state index contributed by atoms with van der Waals surface area (Å²) in [5, 5.41) is 0. The monoisotopic (exact) mass is 240 g/mol. The number of Topliss-reactive ketones (excluding diaryl/α,β-unsaturated/α-hetero) is 1. The van der Waals surface area contributed by atoms with Gasteiger partial charge >= 0.3 is 0 Å². The van der Waals surface area contributed by atoms with Crippen molar-refractivity contribution in [3.63, 3.8) is 0 Å². The van der Waals surface area contributed by atoms with Crippen molar-refractivity contribution in [2.24, 2.45) is 5.92 Å². The lowest BCUT2D eigenvalue weighted by Gasteiger charge is -2.27. The molecule has 0 amide bonds. The first-order valence-corrected chi connectivity index (χ1v) is 6.96. The van der Waals surface area contributed by atoms with Crippen molar-refractivity contribution < 1.29 is 4.79 Å². The SMILES string of the molecule is CCCC(C)CC(=O)C1CN(C)CCCN1C. The molecule has 1 fully saturated rings. The summed E-state index contributed by atoms with van der Waals surface area (Å²) in [7, 11) is 4.21. The van der Waals surface area contributed by atoms with E-state index >= 15 is 0 Å². The Morgan fingerprint density at radius 1 is 1.35 bits per heavy atom. The number of ketones is 1. The summed E-state index contributed by atoms with van der Waals surface area (Å²) in [5.41, 5.74) is 0. The summed E-state index contributed by atoms with van der Waals surface area (Å²) < 4.78 is 0. The molecule has 1 rings (SSSR count). The Kier molecular flexibility index (Phi) is 6.14. The Morgan fingerprint density at radius 2 is 2.06 bits per heavy atom. The molecule has 0 aromatic carbocycles. The molecule has 0 N–H and O–H groups in total. The van der Waals surface area contributed by atoms with Crippen LogP contribution in [0.1, 0.15) is 39.5 Å². The molecule has 0 spiro atoms. The maximum atomic E-state index is 12.3. The zero-order valence-corrected chi connectivity index (χ0v) is 11.9. The van der Waals surface area contributed by atoms with Crippen molar-refractivity contribution in [1.29, 1.82) is 0 Å². The highest BCUT2D eigenvalue weighted by molar-refractivity contribution is 5.84. The highest BCUT2D eigenvalue weighted by Crippen LogP contribution is 2.15. The fourth-order valence-corrected chi connectivity index (χ4v) is 2.69. The maximum absolute atomic E-state index is 12.3. The van der Waals surface area contributed by atoms with Crippen LogP contribution in [0.25, 0.3) is 0 Å². The zero-order valence-electron chi connectivity index (χ0n) is 11.9. The van der Waals surface area contributed by atoms with Crippen LogP contribution in [0.15, 0.2) is 0 Å². The molecule has 1 heterocycles. The van der Waals surface area contributed by atoms with E-state index in [1.807, 2.05) is 0 Å². The quantitative estimate of drug-likeness (QED) is 0.734. The van der Waals surface area contributed by atoms with E-state index in [0.717, 1.165) is 32.5 Å². The average molecular weight is 240 g/mol. The summed E-state index contributed by atoms with van der Waals surface area (Å²) in [6, 6.07) is 0.113. The number of hydrogen-bond acceptors (Lipinski definition) is 3. The van der Waals surface area contributed by atoms with E-state index in [9.17, 15) is 4.79 Å². The van der Waals surface area contributed by atoms with Gasteiger partial charge in [-0.3, -0.25) is 9.69 Å². The molecule has 1 aliphatic heterocycles. The Labute approximate surface area is 106 Å². The van der Waals surface area contributed by atoms with Gasteiger partial charge in [0.2, 0.25) is 0 Å². The molecule has 0 aliphatic carbocycles. The molecule has 2 atom stereocenters. The van der Waals surface area contributed by atoms with Crippen molar-refractivity contribution >= 4 is 5.78 Å². The lowest BCUT2D eigenvalue weighted by atomic mass is 9.95. The lowest BCUT2D eigenvalue weighted by Crippen LogP contribution is -2.44. The Hall–Kier alpha value is -0.410. The number of nitrogens with zero attached hydrogens (tertiary/aromatic N) is 2. The molecule has 2 unspecified atom stereocenters. The molecule has 1 aliphatic rings. The standard InChI is InChI=1S/C14H28N2O/c1-5-7-12(2)10-14(17)13-11-15(3)8-6-9-16(13)4/h12-13H,5-11H2,1-4H3. The molecule has 1 saturated heterocycles. The van der Waals surface area contributed by atoms with E-state index in [2.05, 4.69) is 37.7 Å². The van der Waals surface area contributed by atoms with E-state index in [1.54, 1.807) is 0 Å². The van der Waals surface area contributed by atoms with Gasteiger partial charge in [-0.1, -0.05) is 26.7 Å². The van der Waals surface area contributed by atoms with Crippen molar-refractivity contribution in [3.05, 3.63) is 0 Å². The molecule has 100 valence electrons. The first-order valence-electron chi connectivity index (χ1n) is 6.96. The van der Waals surface area contributed by atoms with Gasteiger partial charge in [-0.2, -0.15) is 0 Å². The highest BCUT2D eigenvalue weighted by Gasteiger charge is 2.27. The number of hydrogen-bond donors (Lipinski definition) is 0. The fraction of sp³-hybridized carbons (Fsp3) is 0.929. The second-order valence-electron chi connectivity index (χ2n) is 5.68. The third-order valence-electron chi connectivity index (χ3n) is 3.77. The van der Waals surface area contributed by atoms with Crippen LogP contribution < -0.4 is 0 Å². The van der Waals surface area contributed by atoms with Crippen molar-refractivity contribution in [1.82, 2.24) is 9.80 Å². The molecule has 3 nitrogen and oxygen atoms in total. The summed E-state index contributed by atoms with van der Waals surface area (Å²) in [6.07, 6.45) is 4.25. The van der Waals surface area contributed by atoms with Crippen molar-refractivity contribution in [2.75, 3.05) is 33.7 Å². The summed E-state index contributed by atoms with van der Waals surface area (Å²) in [6.45, 7) is 7.43. The van der Waals surface area contributed by atoms with Gasteiger partial charge in [-0.25, -0.2) is 0 Å². The smallest absolute Gasteiger partial charge is 0.151 e. The van der Waals surface area contributed by atoms with Gasteiger partial charge in [0.25, 0.3) is 0 Å². The van der Waals surface area contributed by atoms with Crippen LogP contribution in [0.5, 0.6) is 0 Å². The van der Waals surface area contributed by atoms with E-state index < -0.39 is 0 Å². The molecule has 0 bridgehead atoms. The van der Waals surface area contributed by atoms with Gasteiger partial charge in [0, 0.05) is 13.0 Å². The third kappa shape index (κ3) is 4.76. The van der Waals surface area contributed by atoms with E-state index in [-0.39, 0.29) is 6.04 Å². The second kappa shape index (κ2) is 7.12. The van der Waals surface area contributed by atoms with Crippen molar-refractivity contribution in [2.45, 2.75) is 45.6 Å². The van der Waals surface area contributed by atoms with Crippen LogP contribution in [-0.4, -0.2) is 55.4 Å².